The van der Waals surface area contributed by atoms with Crippen LogP contribution in [0.4, 0.5) is 4.39 Å². The van der Waals surface area contributed by atoms with Gasteiger partial charge in [-0.1, -0.05) is 33.6 Å². The van der Waals surface area contributed by atoms with Gasteiger partial charge >= 0.3 is 5.97 Å². The number of ether oxygens (including phenoxy) is 2. The van der Waals surface area contributed by atoms with Crippen molar-refractivity contribution in [1.29, 1.82) is 0 Å². The van der Waals surface area contributed by atoms with Crippen LogP contribution in [0.3, 0.4) is 0 Å². The van der Waals surface area contributed by atoms with Gasteiger partial charge in [-0.2, -0.15) is 0 Å². The maximum atomic E-state index is 13.5. The van der Waals surface area contributed by atoms with Gasteiger partial charge in [0.1, 0.15) is 30.3 Å². The predicted octanol–water partition coefficient (Wildman–Crippen LogP) is 4.48. The predicted molar refractivity (Wildman–Crippen MR) is 81.3 cm³/mol. The number of esters is 1. The molecule has 0 aromatic heterocycles. The molecule has 2 aromatic rings. The molecular weight excluding hydrogens is 363 g/mol. The zero-order valence-corrected chi connectivity index (χ0v) is 13.2. The van der Waals surface area contributed by atoms with Crippen LogP contribution in [0.15, 0.2) is 46.9 Å². The van der Waals surface area contributed by atoms with E-state index in [0.29, 0.717) is 5.75 Å². The van der Waals surface area contributed by atoms with Gasteiger partial charge in [-0.15, -0.1) is 0 Å². The number of carbonyl (C=O) groups excluding carboxylic acids is 1. The molecule has 0 bridgehead atoms. The van der Waals surface area contributed by atoms with E-state index in [0.717, 1.165) is 10.5 Å². The van der Waals surface area contributed by atoms with Crippen LogP contribution in [0.1, 0.15) is 10.4 Å². The fourth-order valence-corrected chi connectivity index (χ4v) is 2.09. The van der Waals surface area contributed by atoms with E-state index in [-0.39, 0.29) is 23.8 Å². The molecule has 0 saturated heterocycles. The van der Waals surface area contributed by atoms with Gasteiger partial charge in [0.2, 0.25) is 0 Å². The topological polar surface area (TPSA) is 35.5 Å². The van der Waals surface area contributed by atoms with Crippen molar-refractivity contribution < 1.29 is 18.7 Å². The first kappa shape index (κ1) is 15.8. The third kappa shape index (κ3) is 4.44. The quantitative estimate of drug-likeness (QED) is 0.573. The zero-order valence-electron chi connectivity index (χ0n) is 10.8. The number of rotatable bonds is 5. The van der Waals surface area contributed by atoms with Crippen molar-refractivity contribution in [2.75, 3.05) is 13.2 Å². The molecular formula is C15H11BrClFO3. The second-order valence-corrected chi connectivity index (χ2v) is 5.36. The summed E-state index contributed by atoms with van der Waals surface area (Å²) in [7, 11) is 0. The molecule has 0 heterocycles. The first-order valence-electron chi connectivity index (χ1n) is 6.07. The molecule has 0 aliphatic carbocycles. The lowest BCUT2D eigenvalue weighted by atomic mass is 10.2. The van der Waals surface area contributed by atoms with Crippen molar-refractivity contribution in [3.8, 4) is 5.75 Å². The highest BCUT2D eigenvalue weighted by molar-refractivity contribution is 9.10. The highest BCUT2D eigenvalue weighted by Crippen LogP contribution is 2.20. The highest BCUT2D eigenvalue weighted by Gasteiger charge is 2.16. The van der Waals surface area contributed by atoms with Gasteiger partial charge in [0.15, 0.2) is 0 Å². The molecule has 0 saturated carbocycles. The number of carbonyl (C=O) groups is 1. The van der Waals surface area contributed by atoms with Gasteiger partial charge in [-0.25, -0.2) is 9.18 Å². The molecule has 6 heteroatoms. The van der Waals surface area contributed by atoms with Crippen LogP contribution < -0.4 is 4.74 Å². The van der Waals surface area contributed by atoms with Gasteiger partial charge in [-0.05, 0) is 36.4 Å². The maximum absolute atomic E-state index is 13.5. The maximum Gasteiger partial charge on any atom is 0.342 e. The second kappa shape index (κ2) is 7.43. The molecule has 0 aliphatic heterocycles. The van der Waals surface area contributed by atoms with E-state index >= 15 is 0 Å². The smallest absolute Gasteiger partial charge is 0.342 e. The van der Waals surface area contributed by atoms with Crippen LogP contribution in [-0.2, 0) is 4.74 Å². The van der Waals surface area contributed by atoms with Crippen LogP contribution in [0.25, 0.3) is 0 Å². The molecule has 2 rings (SSSR count). The van der Waals surface area contributed by atoms with Crippen molar-refractivity contribution in [1.82, 2.24) is 0 Å². The minimum Gasteiger partial charge on any atom is -0.490 e. The normalized spacial score (nSPS) is 10.2. The lowest BCUT2D eigenvalue weighted by Gasteiger charge is -2.08. The van der Waals surface area contributed by atoms with Crippen LogP contribution in [0, 0.1) is 5.82 Å². The Bertz CT molecular complexity index is 611. The van der Waals surface area contributed by atoms with E-state index in [1.165, 1.54) is 12.1 Å². The SMILES string of the molecule is O=C(OCCOc1ccc(Br)cc1)c1c(F)cccc1Cl. The molecule has 0 fully saturated rings. The van der Waals surface area contributed by atoms with Crippen molar-refractivity contribution in [2.24, 2.45) is 0 Å². The summed E-state index contributed by atoms with van der Waals surface area (Å²) in [5, 5.41) is 0.0221. The standard InChI is InChI=1S/C15H11BrClFO3/c16-10-4-6-11(7-5-10)20-8-9-21-15(19)14-12(17)2-1-3-13(14)18/h1-7H,8-9H2. The summed E-state index contributed by atoms with van der Waals surface area (Å²) >= 11 is 9.08. The molecule has 0 N–H and O–H groups in total. The van der Waals surface area contributed by atoms with E-state index in [4.69, 9.17) is 21.1 Å². The molecule has 0 radical (unpaired) electrons. The number of halogens is 3. The second-order valence-electron chi connectivity index (χ2n) is 4.03. The summed E-state index contributed by atoms with van der Waals surface area (Å²) < 4.78 is 24.8. The van der Waals surface area contributed by atoms with Crippen molar-refractivity contribution in [3.05, 3.63) is 63.3 Å². The van der Waals surface area contributed by atoms with E-state index in [1.807, 2.05) is 12.1 Å². The largest absolute Gasteiger partial charge is 0.490 e. The lowest BCUT2D eigenvalue weighted by molar-refractivity contribution is 0.0445. The summed E-state index contributed by atoms with van der Waals surface area (Å²) in [6.07, 6.45) is 0. The summed E-state index contributed by atoms with van der Waals surface area (Å²) in [4.78, 5) is 11.7. The minimum atomic E-state index is -0.808. The van der Waals surface area contributed by atoms with E-state index < -0.39 is 11.8 Å². The minimum absolute atomic E-state index is 0.000436. The Morgan fingerprint density at radius 1 is 1.14 bits per heavy atom. The van der Waals surface area contributed by atoms with Gasteiger partial charge in [0.25, 0.3) is 0 Å². The van der Waals surface area contributed by atoms with Crippen LogP contribution in [0.2, 0.25) is 5.02 Å². The molecule has 21 heavy (non-hydrogen) atoms. The van der Waals surface area contributed by atoms with E-state index in [9.17, 15) is 9.18 Å². The Morgan fingerprint density at radius 2 is 1.86 bits per heavy atom. The third-order valence-corrected chi connectivity index (χ3v) is 3.41. The van der Waals surface area contributed by atoms with E-state index in [1.54, 1.807) is 12.1 Å². The zero-order chi connectivity index (χ0) is 15.2. The lowest BCUT2D eigenvalue weighted by Crippen LogP contribution is -2.14. The Balaban J connectivity index is 1.83. The number of hydrogen-bond acceptors (Lipinski definition) is 3. The van der Waals surface area contributed by atoms with Crippen LogP contribution in [-0.4, -0.2) is 19.2 Å². The Labute approximate surface area is 134 Å². The van der Waals surface area contributed by atoms with Crippen LogP contribution in [0.5, 0.6) is 5.75 Å². The molecule has 110 valence electrons. The van der Waals surface area contributed by atoms with Gasteiger partial charge in [-0.3, -0.25) is 0 Å². The molecule has 0 amide bonds. The fraction of sp³-hybridized carbons (Fsp3) is 0.133. The molecule has 3 nitrogen and oxygen atoms in total. The first-order valence-corrected chi connectivity index (χ1v) is 7.24. The summed E-state index contributed by atoms with van der Waals surface area (Å²) in [6.45, 7) is 0.166. The van der Waals surface area contributed by atoms with Gasteiger partial charge < -0.3 is 9.47 Å². The average Bonchev–Trinajstić information content (AvgIpc) is 2.45. The molecule has 2 aromatic carbocycles. The monoisotopic (exact) mass is 372 g/mol. The molecule has 0 atom stereocenters. The Kier molecular flexibility index (Phi) is 5.59. The Hall–Kier alpha value is -1.59. The third-order valence-electron chi connectivity index (χ3n) is 2.57. The highest BCUT2D eigenvalue weighted by atomic mass is 79.9. The summed E-state index contributed by atoms with van der Waals surface area (Å²) in [5.74, 6) is -0.864. The van der Waals surface area contributed by atoms with Gasteiger partial charge in [0, 0.05) is 4.47 Å². The van der Waals surface area contributed by atoms with E-state index in [2.05, 4.69) is 15.9 Å². The summed E-state index contributed by atoms with van der Waals surface area (Å²) in [6, 6.07) is 11.2. The van der Waals surface area contributed by atoms with Crippen molar-refractivity contribution in [3.63, 3.8) is 0 Å². The molecule has 0 aliphatic rings. The fourth-order valence-electron chi connectivity index (χ4n) is 1.59. The molecule has 0 spiro atoms. The summed E-state index contributed by atoms with van der Waals surface area (Å²) in [5.41, 5.74) is -0.261. The first-order chi connectivity index (χ1) is 10.1. The van der Waals surface area contributed by atoms with Crippen LogP contribution >= 0.6 is 27.5 Å². The average molecular weight is 374 g/mol. The number of benzene rings is 2. The van der Waals surface area contributed by atoms with Crippen molar-refractivity contribution >= 4 is 33.5 Å². The van der Waals surface area contributed by atoms with Crippen molar-refractivity contribution in [2.45, 2.75) is 0 Å². The molecule has 0 unspecified atom stereocenters. The Morgan fingerprint density at radius 3 is 2.52 bits per heavy atom. The van der Waals surface area contributed by atoms with Gasteiger partial charge in [0.05, 0.1) is 5.02 Å². The number of hydrogen-bond donors (Lipinski definition) is 0.